The first-order valence-electron chi connectivity index (χ1n) is 10.3. The Kier molecular flexibility index (Phi) is 7.70. The first kappa shape index (κ1) is 23.9. The van der Waals surface area contributed by atoms with Crippen LogP contribution in [0.15, 0.2) is 53.4 Å². The van der Waals surface area contributed by atoms with E-state index in [4.69, 9.17) is 4.74 Å². The molecule has 0 saturated carbocycles. The highest BCUT2D eigenvalue weighted by atomic mass is 32.2. The van der Waals surface area contributed by atoms with Gasteiger partial charge in [0.1, 0.15) is 5.75 Å². The third kappa shape index (κ3) is 6.33. The Bertz CT molecular complexity index is 942. The molecule has 0 fully saturated rings. The van der Waals surface area contributed by atoms with Gasteiger partial charge in [-0.25, -0.2) is 8.42 Å². The largest absolute Gasteiger partial charge is 0.481 e. The van der Waals surface area contributed by atoms with Crippen molar-refractivity contribution in [3.63, 3.8) is 0 Å². The van der Waals surface area contributed by atoms with Gasteiger partial charge in [0.15, 0.2) is 15.9 Å². The van der Waals surface area contributed by atoms with Crippen molar-refractivity contribution in [2.75, 3.05) is 6.26 Å². The minimum atomic E-state index is -3.25. The monoisotopic (exact) mass is 431 g/mol. The van der Waals surface area contributed by atoms with Crippen molar-refractivity contribution in [1.29, 1.82) is 0 Å². The molecule has 2 atom stereocenters. The number of carbonyl (C=O) groups is 1. The molecule has 0 radical (unpaired) electrons. The van der Waals surface area contributed by atoms with Crippen LogP contribution in [0.3, 0.4) is 0 Å². The van der Waals surface area contributed by atoms with E-state index in [2.05, 4.69) is 26.1 Å². The van der Waals surface area contributed by atoms with E-state index < -0.39 is 15.9 Å². The highest BCUT2D eigenvalue weighted by Gasteiger charge is 2.22. The first-order chi connectivity index (χ1) is 14.0. The SMILES string of the molecule is CC[C@@H](Oc1ccc(C(C)(C)C)cc1)C(=O)N[C@H](CC)c1ccc(S(C)(=O)=O)cc1. The maximum atomic E-state index is 12.8. The quantitative estimate of drug-likeness (QED) is 0.651. The van der Waals surface area contributed by atoms with Crippen LogP contribution in [0.5, 0.6) is 5.75 Å². The Labute approximate surface area is 180 Å². The minimum absolute atomic E-state index is 0.0566. The van der Waals surface area contributed by atoms with Crippen LogP contribution >= 0.6 is 0 Å². The highest BCUT2D eigenvalue weighted by Crippen LogP contribution is 2.25. The second kappa shape index (κ2) is 9.65. The van der Waals surface area contributed by atoms with E-state index >= 15 is 0 Å². The van der Waals surface area contributed by atoms with Gasteiger partial charge in [-0.2, -0.15) is 0 Å². The summed E-state index contributed by atoms with van der Waals surface area (Å²) in [6.07, 6.45) is 1.80. The number of sulfone groups is 1. The van der Waals surface area contributed by atoms with Crippen molar-refractivity contribution in [1.82, 2.24) is 5.32 Å². The molecule has 0 unspecified atom stereocenters. The van der Waals surface area contributed by atoms with E-state index in [0.717, 1.165) is 5.56 Å². The lowest BCUT2D eigenvalue weighted by molar-refractivity contribution is -0.128. The topological polar surface area (TPSA) is 72.5 Å². The maximum Gasteiger partial charge on any atom is 0.261 e. The summed E-state index contributed by atoms with van der Waals surface area (Å²) >= 11 is 0. The second-order valence-electron chi connectivity index (χ2n) is 8.60. The molecule has 0 aliphatic carbocycles. The molecule has 2 aromatic carbocycles. The predicted molar refractivity (Wildman–Crippen MR) is 121 cm³/mol. The van der Waals surface area contributed by atoms with Crippen LogP contribution in [-0.2, 0) is 20.0 Å². The lowest BCUT2D eigenvalue weighted by atomic mass is 9.87. The number of carbonyl (C=O) groups excluding carboxylic acids is 1. The van der Waals surface area contributed by atoms with Crippen LogP contribution < -0.4 is 10.1 Å². The first-order valence-corrected chi connectivity index (χ1v) is 12.2. The Hall–Kier alpha value is -2.34. The van der Waals surface area contributed by atoms with E-state index in [0.29, 0.717) is 18.6 Å². The molecule has 0 bridgehead atoms. The summed E-state index contributed by atoms with van der Waals surface area (Å²) in [5.41, 5.74) is 2.12. The fourth-order valence-corrected chi connectivity index (χ4v) is 3.78. The Morgan fingerprint density at radius 3 is 1.97 bits per heavy atom. The summed E-state index contributed by atoms with van der Waals surface area (Å²) in [6.45, 7) is 10.3. The summed E-state index contributed by atoms with van der Waals surface area (Å²) in [7, 11) is -3.25. The van der Waals surface area contributed by atoms with Crippen molar-refractivity contribution in [2.45, 2.75) is 69.9 Å². The van der Waals surface area contributed by atoms with E-state index in [9.17, 15) is 13.2 Å². The zero-order valence-corrected chi connectivity index (χ0v) is 19.5. The van der Waals surface area contributed by atoms with E-state index in [1.54, 1.807) is 24.3 Å². The van der Waals surface area contributed by atoms with Crippen LogP contribution in [0.2, 0.25) is 0 Å². The molecule has 5 nitrogen and oxygen atoms in total. The van der Waals surface area contributed by atoms with Gasteiger partial charge in [0, 0.05) is 6.26 Å². The maximum absolute atomic E-state index is 12.8. The molecule has 0 saturated heterocycles. The van der Waals surface area contributed by atoms with Gasteiger partial charge in [0.25, 0.3) is 5.91 Å². The van der Waals surface area contributed by atoms with Gasteiger partial charge in [0.2, 0.25) is 0 Å². The van der Waals surface area contributed by atoms with Crippen LogP contribution in [-0.4, -0.2) is 26.7 Å². The zero-order chi connectivity index (χ0) is 22.5. The third-order valence-electron chi connectivity index (χ3n) is 5.10. The van der Waals surface area contributed by atoms with Crippen molar-refractivity contribution in [2.24, 2.45) is 0 Å². The van der Waals surface area contributed by atoms with Gasteiger partial charge >= 0.3 is 0 Å². The van der Waals surface area contributed by atoms with E-state index in [1.165, 1.54) is 11.8 Å². The molecule has 2 aromatic rings. The summed E-state index contributed by atoms with van der Waals surface area (Å²) in [4.78, 5) is 13.1. The third-order valence-corrected chi connectivity index (χ3v) is 6.23. The summed E-state index contributed by atoms with van der Waals surface area (Å²) in [5.74, 6) is 0.479. The molecule has 0 heterocycles. The summed E-state index contributed by atoms with van der Waals surface area (Å²) in [5, 5.41) is 3.03. The molecule has 6 heteroatoms. The Morgan fingerprint density at radius 2 is 1.53 bits per heavy atom. The van der Waals surface area contributed by atoms with Crippen LogP contribution in [0.4, 0.5) is 0 Å². The molecule has 2 rings (SSSR count). The molecule has 0 spiro atoms. The molecule has 0 aromatic heterocycles. The fourth-order valence-electron chi connectivity index (χ4n) is 3.15. The fraction of sp³-hybridized carbons (Fsp3) is 0.458. The standard InChI is InChI=1S/C24H33NO4S/c1-7-21(17-9-15-20(16-10-17)30(6,27)28)25-23(26)22(8-2)29-19-13-11-18(12-14-19)24(3,4)5/h9-16,21-22H,7-8H2,1-6H3,(H,25,26)/t21-,22-/m1/s1. The van der Waals surface area contributed by atoms with Crippen molar-refractivity contribution >= 4 is 15.7 Å². The van der Waals surface area contributed by atoms with Crippen LogP contribution in [0.1, 0.15) is 64.6 Å². The Balaban J connectivity index is 2.09. The predicted octanol–water partition coefficient (Wildman–Crippen LogP) is 4.81. The van der Waals surface area contributed by atoms with Crippen LogP contribution in [0, 0.1) is 0 Å². The van der Waals surface area contributed by atoms with Gasteiger partial charge in [-0.15, -0.1) is 0 Å². The van der Waals surface area contributed by atoms with Gasteiger partial charge in [-0.1, -0.05) is 58.9 Å². The average molecular weight is 432 g/mol. The van der Waals surface area contributed by atoms with Gasteiger partial charge < -0.3 is 10.1 Å². The number of rotatable bonds is 8. The summed E-state index contributed by atoms with van der Waals surface area (Å²) in [6, 6.07) is 14.3. The number of ether oxygens (including phenoxy) is 1. The highest BCUT2D eigenvalue weighted by molar-refractivity contribution is 7.90. The molecule has 1 N–H and O–H groups in total. The second-order valence-corrected chi connectivity index (χ2v) is 10.6. The van der Waals surface area contributed by atoms with Gasteiger partial charge in [0.05, 0.1) is 10.9 Å². The molecule has 30 heavy (non-hydrogen) atoms. The smallest absolute Gasteiger partial charge is 0.261 e. The van der Waals surface area contributed by atoms with Crippen molar-refractivity contribution in [3.8, 4) is 5.75 Å². The zero-order valence-electron chi connectivity index (χ0n) is 18.7. The van der Waals surface area contributed by atoms with Gasteiger partial charge in [-0.3, -0.25) is 4.79 Å². The molecule has 0 aliphatic rings. The van der Waals surface area contributed by atoms with E-state index in [1.807, 2.05) is 38.1 Å². The lowest BCUT2D eigenvalue weighted by Gasteiger charge is -2.23. The minimum Gasteiger partial charge on any atom is -0.481 e. The Morgan fingerprint density at radius 1 is 0.967 bits per heavy atom. The molecule has 0 aliphatic heterocycles. The molecular formula is C24H33NO4S. The van der Waals surface area contributed by atoms with E-state index in [-0.39, 0.29) is 22.3 Å². The number of hydrogen-bond acceptors (Lipinski definition) is 4. The lowest BCUT2D eigenvalue weighted by Crippen LogP contribution is -2.40. The average Bonchev–Trinajstić information content (AvgIpc) is 2.69. The number of hydrogen-bond donors (Lipinski definition) is 1. The molecule has 164 valence electrons. The number of nitrogens with one attached hydrogen (secondary N) is 1. The van der Waals surface area contributed by atoms with Gasteiger partial charge in [-0.05, 0) is 53.6 Å². The number of benzene rings is 2. The van der Waals surface area contributed by atoms with Crippen molar-refractivity contribution in [3.05, 3.63) is 59.7 Å². The molecule has 1 amide bonds. The molecular weight excluding hydrogens is 398 g/mol. The normalized spacial score (nSPS) is 14.1. The van der Waals surface area contributed by atoms with Crippen molar-refractivity contribution < 1.29 is 17.9 Å². The number of amides is 1. The summed E-state index contributed by atoms with van der Waals surface area (Å²) < 4.78 is 29.3. The van der Waals surface area contributed by atoms with Crippen LogP contribution in [0.25, 0.3) is 0 Å².